The van der Waals surface area contributed by atoms with Crippen molar-refractivity contribution in [2.45, 2.75) is 26.7 Å². The fourth-order valence-electron chi connectivity index (χ4n) is 2.38. The third kappa shape index (κ3) is 4.71. The van der Waals surface area contributed by atoms with Gasteiger partial charge in [-0.05, 0) is 30.5 Å². The maximum atomic E-state index is 11.9. The number of anilines is 1. The number of allylic oxidation sites excluding steroid dienone is 1. The van der Waals surface area contributed by atoms with E-state index >= 15 is 0 Å². The minimum absolute atomic E-state index is 0.408. The number of rotatable bonds is 6. The molecule has 0 bridgehead atoms. The Morgan fingerprint density at radius 3 is 2.48 bits per heavy atom. The molecule has 120 valence electrons. The molecule has 0 radical (unpaired) electrons. The Bertz CT molecular complexity index is 662. The van der Waals surface area contributed by atoms with E-state index in [1.54, 1.807) is 0 Å². The van der Waals surface area contributed by atoms with Gasteiger partial charge in [-0.1, -0.05) is 68.0 Å². The molecule has 0 fully saturated rings. The van der Waals surface area contributed by atoms with Crippen LogP contribution in [0.15, 0.2) is 60.7 Å². The maximum Gasteiger partial charge on any atom is 0.411 e. The SMILES string of the molecule is CC=C(c1ccccc1)c1ccccc1NC(=O)OCCCC. The Kier molecular flexibility index (Phi) is 6.42. The minimum Gasteiger partial charge on any atom is -0.449 e. The number of amides is 1. The van der Waals surface area contributed by atoms with Crippen LogP contribution in [0.25, 0.3) is 5.57 Å². The Morgan fingerprint density at radius 1 is 1.09 bits per heavy atom. The van der Waals surface area contributed by atoms with Crippen molar-refractivity contribution in [2.24, 2.45) is 0 Å². The summed E-state index contributed by atoms with van der Waals surface area (Å²) in [5.74, 6) is 0. The third-order valence-electron chi connectivity index (χ3n) is 3.56. The summed E-state index contributed by atoms with van der Waals surface area (Å²) in [7, 11) is 0. The standard InChI is InChI=1S/C20H23NO2/c1-3-5-15-23-20(22)21-19-14-10-9-13-18(19)17(4-2)16-11-7-6-8-12-16/h4,6-14H,3,5,15H2,1-2H3,(H,21,22). The summed E-state index contributed by atoms with van der Waals surface area (Å²) in [4.78, 5) is 11.9. The topological polar surface area (TPSA) is 38.3 Å². The molecular weight excluding hydrogens is 286 g/mol. The number of carbonyl (C=O) groups is 1. The second-order valence-corrected chi connectivity index (χ2v) is 5.23. The molecule has 0 aliphatic heterocycles. The molecule has 2 rings (SSSR count). The molecule has 23 heavy (non-hydrogen) atoms. The van der Waals surface area contributed by atoms with Crippen LogP contribution < -0.4 is 5.32 Å². The van der Waals surface area contributed by atoms with Gasteiger partial charge in [0.25, 0.3) is 0 Å². The lowest BCUT2D eigenvalue weighted by atomic mass is 9.96. The highest BCUT2D eigenvalue weighted by Gasteiger charge is 2.11. The van der Waals surface area contributed by atoms with E-state index in [1.807, 2.05) is 49.4 Å². The quantitative estimate of drug-likeness (QED) is 0.717. The summed E-state index contributed by atoms with van der Waals surface area (Å²) in [6.45, 7) is 4.51. The van der Waals surface area contributed by atoms with Crippen LogP contribution >= 0.6 is 0 Å². The van der Waals surface area contributed by atoms with Crippen molar-refractivity contribution in [1.29, 1.82) is 0 Å². The summed E-state index contributed by atoms with van der Waals surface area (Å²) < 4.78 is 5.19. The normalized spacial score (nSPS) is 11.1. The predicted octanol–water partition coefficient (Wildman–Crippen LogP) is 5.49. The fraction of sp³-hybridized carbons (Fsp3) is 0.250. The molecule has 3 nitrogen and oxygen atoms in total. The van der Waals surface area contributed by atoms with E-state index in [0.717, 1.165) is 35.2 Å². The van der Waals surface area contributed by atoms with Gasteiger partial charge in [0.15, 0.2) is 0 Å². The van der Waals surface area contributed by atoms with Crippen LogP contribution in [0.4, 0.5) is 10.5 Å². The van der Waals surface area contributed by atoms with Crippen LogP contribution in [0, 0.1) is 0 Å². The highest BCUT2D eigenvalue weighted by atomic mass is 16.5. The molecule has 2 aromatic carbocycles. The number of para-hydroxylation sites is 1. The largest absolute Gasteiger partial charge is 0.449 e. The Hall–Kier alpha value is -2.55. The number of unbranched alkanes of at least 4 members (excludes halogenated alkanes) is 1. The van der Waals surface area contributed by atoms with E-state index < -0.39 is 6.09 Å². The van der Waals surface area contributed by atoms with Gasteiger partial charge in [-0.15, -0.1) is 0 Å². The molecule has 0 spiro atoms. The second-order valence-electron chi connectivity index (χ2n) is 5.23. The summed E-state index contributed by atoms with van der Waals surface area (Å²) in [6, 6.07) is 17.9. The molecule has 2 aromatic rings. The number of nitrogens with one attached hydrogen (secondary N) is 1. The monoisotopic (exact) mass is 309 g/mol. The molecule has 1 amide bonds. The molecular formula is C20H23NO2. The highest BCUT2D eigenvalue weighted by Crippen LogP contribution is 2.29. The lowest BCUT2D eigenvalue weighted by molar-refractivity contribution is 0.160. The van der Waals surface area contributed by atoms with Crippen LogP contribution in [-0.4, -0.2) is 12.7 Å². The Labute approximate surface area is 138 Å². The second kappa shape index (κ2) is 8.79. The number of hydrogen-bond acceptors (Lipinski definition) is 2. The van der Waals surface area contributed by atoms with Crippen LogP contribution in [-0.2, 0) is 4.74 Å². The molecule has 0 aromatic heterocycles. The lowest BCUT2D eigenvalue weighted by Gasteiger charge is -2.14. The van der Waals surface area contributed by atoms with Crippen LogP contribution in [0.1, 0.15) is 37.8 Å². The molecule has 0 unspecified atom stereocenters. The maximum absolute atomic E-state index is 11.9. The van der Waals surface area contributed by atoms with Gasteiger partial charge >= 0.3 is 6.09 Å². The van der Waals surface area contributed by atoms with Crippen molar-refractivity contribution in [3.8, 4) is 0 Å². The zero-order valence-corrected chi connectivity index (χ0v) is 13.7. The van der Waals surface area contributed by atoms with E-state index in [2.05, 4.69) is 30.4 Å². The van der Waals surface area contributed by atoms with Crippen molar-refractivity contribution in [2.75, 3.05) is 11.9 Å². The van der Waals surface area contributed by atoms with E-state index in [-0.39, 0.29) is 0 Å². The van der Waals surface area contributed by atoms with Crippen LogP contribution in [0.2, 0.25) is 0 Å². The van der Waals surface area contributed by atoms with Crippen molar-refractivity contribution >= 4 is 17.4 Å². The van der Waals surface area contributed by atoms with Crippen LogP contribution in [0.3, 0.4) is 0 Å². The molecule has 0 heterocycles. The number of benzene rings is 2. The molecule has 0 aliphatic rings. The number of carbonyl (C=O) groups excluding carboxylic acids is 1. The predicted molar refractivity (Wildman–Crippen MR) is 95.5 cm³/mol. The first-order chi connectivity index (χ1) is 11.3. The molecule has 0 aliphatic carbocycles. The van der Waals surface area contributed by atoms with Crippen LogP contribution in [0.5, 0.6) is 0 Å². The molecule has 0 saturated heterocycles. The first kappa shape index (κ1) is 16.8. The Morgan fingerprint density at radius 2 is 1.78 bits per heavy atom. The summed E-state index contributed by atoms with van der Waals surface area (Å²) in [5, 5.41) is 2.85. The minimum atomic E-state index is -0.408. The van der Waals surface area contributed by atoms with Gasteiger partial charge in [0.1, 0.15) is 0 Å². The van der Waals surface area contributed by atoms with Gasteiger partial charge in [-0.25, -0.2) is 4.79 Å². The zero-order valence-electron chi connectivity index (χ0n) is 13.7. The lowest BCUT2D eigenvalue weighted by Crippen LogP contribution is -2.15. The van der Waals surface area contributed by atoms with Gasteiger partial charge in [-0.2, -0.15) is 0 Å². The summed E-state index contributed by atoms with van der Waals surface area (Å²) in [5.41, 5.74) is 3.93. The number of ether oxygens (including phenoxy) is 1. The van der Waals surface area contributed by atoms with Gasteiger partial charge in [0.05, 0.1) is 12.3 Å². The van der Waals surface area contributed by atoms with Crippen molar-refractivity contribution < 1.29 is 9.53 Å². The first-order valence-corrected chi connectivity index (χ1v) is 8.01. The van der Waals surface area contributed by atoms with Crippen molar-refractivity contribution in [3.05, 3.63) is 71.8 Å². The molecule has 0 atom stereocenters. The van der Waals surface area contributed by atoms with Crippen molar-refractivity contribution in [1.82, 2.24) is 0 Å². The van der Waals surface area contributed by atoms with E-state index in [0.29, 0.717) is 6.61 Å². The fourth-order valence-corrected chi connectivity index (χ4v) is 2.38. The Balaban J connectivity index is 2.21. The van der Waals surface area contributed by atoms with E-state index in [1.165, 1.54) is 0 Å². The zero-order chi connectivity index (χ0) is 16.5. The molecule has 3 heteroatoms. The van der Waals surface area contributed by atoms with Gasteiger partial charge in [0, 0.05) is 5.56 Å². The third-order valence-corrected chi connectivity index (χ3v) is 3.56. The smallest absolute Gasteiger partial charge is 0.411 e. The number of hydrogen-bond donors (Lipinski definition) is 1. The van der Waals surface area contributed by atoms with Gasteiger partial charge < -0.3 is 4.74 Å². The van der Waals surface area contributed by atoms with E-state index in [4.69, 9.17) is 4.74 Å². The summed E-state index contributed by atoms with van der Waals surface area (Å²) in [6.07, 6.45) is 3.52. The van der Waals surface area contributed by atoms with E-state index in [9.17, 15) is 4.79 Å². The molecule has 0 saturated carbocycles. The first-order valence-electron chi connectivity index (χ1n) is 8.01. The van der Waals surface area contributed by atoms with Gasteiger partial charge in [0.2, 0.25) is 0 Å². The van der Waals surface area contributed by atoms with Crippen molar-refractivity contribution in [3.63, 3.8) is 0 Å². The molecule has 1 N–H and O–H groups in total. The summed E-state index contributed by atoms with van der Waals surface area (Å²) >= 11 is 0. The van der Waals surface area contributed by atoms with Gasteiger partial charge in [-0.3, -0.25) is 5.32 Å². The highest BCUT2D eigenvalue weighted by molar-refractivity contribution is 5.93. The average molecular weight is 309 g/mol. The average Bonchev–Trinajstić information content (AvgIpc) is 2.58.